The van der Waals surface area contributed by atoms with Gasteiger partial charge in [0.2, 0.25) is 0 Å². The van der Waals surface area contributed by atoms with Crippen molar-refractivity contribution in [3.63, 3.8) is 0 Å². The van der Waals surface area contributed by atoms with Gasteiger partial charge in [0, 0.05) is 18.5 Å². The van der Waals surface area contributed by atoms with E-state index >= 15 is 0 Å². The molecule has 94 valence electrons. The summed E-state index contributed by atoms with van der Waals surface area (Å²) in [6.07, 6.45) is 3.67. The van der Waals surface area contributed by atoms with Crippen LogP contribution < -0.4 is 0 Å². The number of hydrogen-bond donors (Lipinski definition) is 1. The second-order valence-electron chi connectivity index (χ2n) is 5.66. The van der Waals surface area contributed by atoms with Gasteiger partial charge in [-0.1, -0.05) is 6.92 Å². The Morgan fingerprint density at radius 1 is 1.38 bits per heavy atom. The molecule has 1 unspecified atom stereocenters. The smallest absolute Gasteiger partial charge is 0.303 e. The largest absolute Gasteiger partial charge is 0.481 e. The summed E-state index contributed by atoms with van der Waals surface area (Å²) in [4.78, 5) is 13.0. The summed E-state index contributed by atoms with van der Waals surface area (Å²) in [6, 6.07) is 1.07. The van der Waals surface area contributed by atoms with Crippen molar-refractivity contribution < 1.29 is 9.90 Å². The first kappa shape index (κ1) is 13.5. The molecule has 16 heavy (non-hydrogen) atoms. The lowest BCUT2D eigenvalue weighted by Crippen LogP contribution is -2.43. The van der Waals surface area contributed by atoms with E-state index in [9.17, 15) is 4.79 Å². The van der Waals surface area contributed by atoms with Gasteiger partial charge in [-0.2, -0.15) is 0 Å². The number of carboxylic acid groups (broad SMARTS) is 1. The first-order valence-corrected chi connectivity index (χ1v) is 6.34. The van der Waals surface area contributed by atoms with Crippen molar-refractivity contribution in [1.29, 1.82) is 0 Å². The minimum absolute atomic E-state index is 0.284. The number of rotatable bonds is 7. The van der Waals surface area contributed by atoms with E-state index in [0.717, 1.165) is 13.0 Å². The Hall–Kier alpha value is -0.570. The Kier molecular flexibility index (Phi) is 4.36. The molecule has 0 aromatic rings. The predicted molar refractivity (Wildman–Crippen MR) is 65.5 cm³/mol. The van der Waals surface area contributed by atoms with Crippen molar-refractivity contribution in [2.24, 2.45) is 5.41 Å². The average molecular weight is 227 g/mol. The van der Waals surface area contributed by atoms with Gasteiger partial charge < -0.3 is 5.11 Å². The third kappa shape index (κ3) is 3.48. The molecule has 3 nitrogen and oxygen atoms in total. The highest BCUT2D eigenvalue weighted by atomic mass is 16.4. The standard InChI is InChI=1S/C13H25NO2/c1-10(2)14(9-5-6-12(15)16)11(3)13(4)7-8-13/h10-11H,5-9H2,1-4H3,(H,15,16). The van der Waals surface area contributed by atoms with Gasteiger partial charge in [0.05, 0.1) is 0 Å². The van der Waals surface area contributed by atoms with Crippen LogP contribution in [0, 0.1) is 5.41 Å². The molecule has 0 saturated heterocycles. The summed E-state index contributed by atoms with van der Waals surface area (Å²) in [6.45, 7) is 9.92. The number of nitrogens with zero attached hydrogens (tertiary/aromatic N) is 1. The number of hydrogen-bond acceptors (Lipinski definition) is 2. The van der Waals surface area contributed by atoms with Gasteiger partial charge in [0.25, 0.3) is 0 Å². The lowest BCUT2D eigenvalue weighted by molar-refractivity contribution is -0.137. The van der Waals surface area contributed by atoms with Crippen LogP contribution in [-0.4, -0.2) is 34.6 Å². The number of carbonyl (C=O) groups is 1. The molecule has 1 rings (SSSR count). The van der Waals surface area contributed by atoms with Gasteiger partial charge >= 0.3 is 5.97 Å². The van der Waals surface area contributed by atoms with Gasteiger partial charge in [-0.05, 0) is 52.0 Å². The Balaban J connectivity index is 2.44. The van der Waals surface area contributed by atoms with Crippen molar-refractivity contribution in [3.8, 4) is 0 Å². The summed E-state index contributed by atoms with van der Waals surface area (Å²) >= 11 is 0. The van der Waals surface area contributed by atoms with Gasteiger partial charge in [-0.15, -0.1) is 0 Å². The zero-order valence-corrected chi connectivity index (χ0v) is 11.0. The highest BCUT2D eigenvalue weighted by Crippen LogP contribution is 2.50. The van der Waals surface area contributed by atoms with Crippen molar-refractivity contribution in [2.75, 3.05) is 6.54 Å². The maximum Gasteiger partial charge on any atom is 0.303 e. The van der Waals surface area contributed by atoms with Crippen molar-refractivity contribution in [2.45, 2.75) is 65.5 Å². The molecule has 0 bridgehead atoms. The number of aliphatic carboxylic acids is 1. The van der Waals surface area contributed by atoms with Crippen LogP contribution in [0.1, 0.15) is 53.4 Å². The summed E-state index contributed by atoms with van der Waals surface area (Å²) < 4.78 is 0. The predicted octanol–water partition coefficient (Wildman–Crippen LogP) is 2.75. The van der Waals surface area contributed by atoms with Gasteiger partial charge in [0.1, 0.15) is 0 Å². The lowest BCUT2D eigenvalue weighted by Gasteiger charge is -2.36. The Bertz CT molecular complexity index is 246. The molecule has 0 aromatic heterocycles. The Morgan fingerprint density at radius 2 is 1.94 bits per heavy atom. The van der Waals surface area contributed by atoms with Crippen molar-refractivity contribution in [3.05, 3.63) is 0 Å². The average Bonchev–Trinajstić information content (AvgIpc) is 2.90. The van der Waals surface area contributed by atoms with Crippen molar-refractivity contribution >= 4 is 5.97 Å². The fourth-order valence-corrected chi connectivity index (χ4v) is 2.33. The van der Waals surface area contributed by atoms with Gasteiger partial charge in [-0.25, -0.2) is 0 Å². The second kappa shape index (κ2) is 5.17. The van der Waals surface area contributed by atoms with Crippen LogP contribution in [0.4, 0.5) is 0 Å². The van der Waals surface area contributed by atoms with Crippen LogP contribution in [0.2, 0.25) is 0 Å². The SMILES string of the molecule is CC(C)N(CCCC(=O)O)C(C)C1(C)CC1. The molecule has 1 fully saturated rings. The zero-order valence-electron chi connectivity index (χ0n) is 11.0. The molecule has 0 aromatic carbocycles. The first-order valence-electron chi connectivity index (χ1n) is 6.34. The monoisotopic (exact) mass is 227 g/mol. The summed E-state index contributed by atoms with van der Waals surface area (Å²) in [5, 5.41) is 8.66. The lowest BCUT2D eigenvalue weighted by atomic mass is 9.97. The van der Waals surface area contributed by atoms with E-state index in [1.54, 1.807) is 0 Å². The highest BCUT2D eigenvalue weighted by molar-refractivity contribution is 5.66. The normalized spacial score (nSPS) is 20.1. The van der Waals surface area contributed by atoms with Crippen LogP contribution in [0.15, 0.2) is 0 Å². The summed E-state index contributed by atoms with van der Waals surface area (Å²) in [7, 11) is 0. The molecule has 1 N–H and O–H groups in total. The van der Waals surface area contributed by atoms with E-state index < -0.39 is 5.97 Å². The third-order valence-electron chi connectivity index (χ3n) is 4.01. The first-order chi connectivity index (χ1) is 7.37. The molecule has 1 aliphatic rings. The topological polar surface area (TPSA) is 40.5 Å². The molecule has 0 aliphatic heterocycles. The van der Waals surface area contributed by atoms with Crippen LogP contribution in [-0.2, 0) is 4.79 Å². The second-order valence-corrected chi connectivity index (χ2v) is 5.66. The van der Waals surface area contributed by atoms with Crippen LogP contribution >= 0.6 is 0 Å². The highest BCUT2D eigenvalue weighted by Gasteiger charge is 2.45. The molecule has 0 heterocycles. The van der Waals surface area contributed by atoms with E-state index in [1.165, 1.54) is 12.8 Å². The molecule has 0 spiro atoms. The third-order valence-corrected chi connectivity index (χ3v) is 4.01. The summed E-state index contributed by atoms with van der Waals surface area (Å²) in [5.41, 5.74) is 0.480. The van der Waals surface area contributed by atoms with Gasteiger partial charge in [0.15, 0.2) is 0 Å². The molecule has 0 amide bonds. The number of carboxylic acids is 1. The van der Waals surface area contributed by atoms with E-state index in [0.29, 0.717) is 17.5 Å². The fraction of sp³-hybridized carbons (Fsp3) is 0.923. The Labute approximate surface area is 98.8 Å². The van der Waals surface area contributed by atoms with E-state index in [-0.39, 0.29) is 6.42 Å². The summed E-state index contributed by atoms with van der Waals surface area (Å²) in [5.74, 6) is -0.686. The minimum atomic E-state index is -0.686. The maximum absolute atomic E-state index is 10.5. The minimum Gasteiger partial charge on any atom is -0.481 e. The molecule has 1 saturated carbocycles. The van der Waals surface area contributed by atoms with Gasteiger partial charge in [-0.3, -0.25) is 9.69 Å². The molecule has 1 aliphatic carbocycles. The van der Waals surface area contributed by atoms with E-state index in [2.05, 4.69) is 32.6 Å². The van der Waals surface area contributed by atoms with Crippen LogP contribution in [0.3, 0.4) is 0 Å². The van der Waals surface area contributed by atoms with Crippen LogP contribution in [0.5, 0.6) is 0 Å². The molecule has 0 radical (unpaired) electrons. The van der Waals surface area contributed by atoms with Crippen LogP contribution in [0.25, 0.3) is 0 Å². The Morgan fingerprint density at radius 3 is 2.31 bits per heavy atom. The zero-order chi connectivity index (χ0) is 12.3. The maximum atomic E-state index is 10.5. The van der Waals surface area contributed by atoms with E-state index in [1.807, 2.05) is 0 Å². The fourth-order valence-electron chi connectivity index (χ4n) is 2.33. The molecule has 3 heteroatoms. The molecular weight excluding hydrogens is 202 g/mol. The molecular formula is C13H25NO2. The molecule has 1 atom stereocenters. The van der Waals surface area contributed by atoms with Crippen molar-refractivity contribution in [1.82, 2.24) is 4.90 Å². The quantitative estimate of drug-likeness (QED) is 0.727. The van der Waals surface area contributed by atoms with E-state index in [4.69, 9.17) is 5.11 Å².